The van der Waals surface area contributed by atoms with Crippen LogP contribution in [0.25, 0.3) is 0 Å². The van der Waals surface area contributed by atoms with Crippen LogP contribution in [0.4, 0.5) is 5.69 Å². The van der Waals surface area contributed by atoms with E-state index < -0.39 is 0 Å². The van der Waals surface area contributed by atoms with Crippen molar-refractivity contribution in [3.05, 3.63) is 24.3 Å². The van der Waals surface area contributed by atoms with Gasteiger partial charge in [-0.05, 0) is 32.0 Å². The predicted molar refractivity (Wildman–Crippen MR) is 105 cm³/mol. The third kappa shape index (κ3) is 5.20. The van der Waals surface area contributed by atoms with Crippen molar-refractivity contribution < 1.29 is 14.3 Å². The summed E-state index contributed by atoms with van der Waals surface area (Å²) >= 11 is 0. The van der Waals surface area contributed by atoms with E-state index in [0.29, 0.717) is 25.4 Å². The Morgan fingerprint density at radius 3 is 2.85 bits per heavy atom. The van der Waals surface area contributed by atoms with Crippen molar-refractivity contribution in [2.75, 3.05) is 57.3 Å². The molecule has 2 fully saturated rings. The first kappa shape index (κ1) is 19.6. The number of benzene rings is 1. The molecular formula is C20H30N4O3. The maximum atomic E-state index is 12.5. The molecule has 1 aromatic carbocycles. The first-order valence-corrected chi connectivity index (χ1v) is 9.92. The number of nitrogens with one attached hydrogen (secondary N) is 2. The lowest BCUT2D eigenvalue weighted by molar-refractivity contribution is -0.126. The van der Waals surface area contributed by atoms with Crippen LogP contribution < -0.4 is 20.3 Å². The fraction of sp³-hybridized carbons (Fsp3) is 0.600. The molecular weight excluding hydrogens is 344 g/mol. The number of rotatable bonds is 8. The average Bonchev–Trinajstić information content (AvgIpc) is 3.08. The van der Waals surface area contributed by atoms with Gasteiger partial charge >= 0.3 is 0 Å². The Bertz CT molecular complexity index is 646. The molecule has 2 amide bonds. The van der Waals surface area contributed by atoms with Gasteiger partial charge in [0, 0.05) is 45.7 Å². The number of amides is 2. The topological polar surface area (TPSA) is 73.9 Å². The lowest BCUT2D eigenvalue weighted by Gasteiger charge is -2.27. The Morgan fingerprint density at radius 1 is 1.30 bits per heavy atom. The molecule has 2 aliphatic rings. The molecule has 0 saturated carbocycles. The Kier molecular flexibility index (Phi) is 7.06. The summed E-state index contributed by atoms with van der Waals surface area (Å²) in [5.41, 5.74) is 0.748. The van der Waals surface area contributed by atoms with E-state index in [1.165, 1.54) is 0 Å². The number of para-hydroxylation sites is 2. The number of hydrogen-bond donors (Lipinski definition) is 2. The summed E-state index contributed by atoms with van der Waals surface area (Å²) in [6, 6.07) is 7.50. The highest BCUT2D eigenvalue weighted by atomic mass is 16.5. The highest BCUT2D eigenvalue weighted by molar-refractivity contribution is 6.01. The van der Waals surface area contributed by atoms with Crippen molar-refractivity contribution in [2.45, 2.75) is 19.8 Å². The van der Waals surface area contributed by atoms with E-state index in [2.05, 4.69) is 15.5 Å². The molecule has 2 saturated heterocycles. The van der Waals surface area contributed by atoms with Crippen LogP contribution in [0.3, 0.4) is 0 Å². The van der Waals surface area contributed by atoms with Gasteiger partial charge in [0.15, 0.2) is 0 Å². The standard InChI is InChI=1S/C20H30N4O3/c1-2-27-18-7-4-3-6-17(18)24-15-16(14-19(24)25)20(26)22-8-5-11-23-12-9-21-10-13-23/h3-4,6-7,16,21H,2,5,8-15H2,1H3,(H,22,26). The van der Waals surface area contributed by atoms with Gasteiger partial charge in [-0.1, -0.05) is 12.1 Å². The maximum absolute atomic E-state index is 12.5. The number of hydrogen-bond acceptors (Lipinski definition) is 5. The molecule has 27 heavy (non-hydrogen) atoms. The summed E-state index contributed by atoms with van der Waals surface area (Å²) in [5.74, 6) is 0.333. The number of ether oxygens (including phenoxy) is 1. The van der Waals surface area contributed by atoms with E-state index in [1.807, 2.05) is 31.2 Å². The quantitative estimate of drug-likeness (QED) is 0.660. The smallest absolute Gasteiger partial charge is 0.227 e. The van der Waals surface area contributed by atoms with Crippen LogP contribution in [0, 0.1) is 5.92 Å². The van der Waals surface area contributed by atoms with E-state index in [4.69, 9.17) is 4.74 Å². The van der Waals surface area contributed by atoms with Crippen molar-refractivity contribution in [1.29, 1.82) is 0 Å². The number of carbonyl (C=O) groups excluding carboxylic acids is 2. The molecule has 7 heteroatoms. The summed E-state index contributed by atoms with van der Waals surface area (Å²) in [5, 5.41) is 6.34. The third-order valence-corrected chi connectivity index (χ3v) is 5.11. The van der Waals surface area contributed by atoms with Gasteiger partial charge in [-0.2, -0.15) is 0 Å². The van der Waals surface area contributed by atoms with Gasteiger partial charge in [0.2, 0.25) is 11.8 Å². The monoisotopic (exact) mass is 374 g/mol. The van der Waals surface area contributed by atoms with Crippen molar-refractivity contribution in [3.63, 3.8) is 0 Å². The van der Waals surface area contributed by atoms with Crippen LogP contribution in [0.15, 0.2) is 24.3 Å². The summed E-state index contributed by atoms with van der Waals surface area (Å²) in [6.07, 6.45) is 1.19. The first-order valence-electron chi connectivity index (χ1n) is 9.92. The minimum atomic E-state index is -0.300. The van der Waals surface area contributed by atoms with Gasteiger partial charge in [0.25, 0.3) is 0 Å². The molecule has 1 aromatic rings. The van der Waals surface area contributed by atoms with Crippen LogP contribution in [-0.4, -0.2) is 69.1 Å². The van der Waals surface area contributed by atoms with E-state index >= 15 is 0 Å². The highest BCUT2D eigenvalue weighted by Crippen LogP contribution is 2.33. The van der Waals surface area contributed by atoms with Gasteiger partial charge in [-0.25, -0.2) is 0 Å². The minimum absolute atomic E-state index is 0.0249. The Morgan fingerprint density at radius 2 is 2.07 bits per heavy atom. The van der Waals surface area contributed by atoms with Gasteiger partial charge < -0.3 is 25.2 Å². The Labute approximate surface area is 161 Å². The van der Waals surface area contributed by atoms with Crippen LogP contribution in [0.2, 0.25) is 0 Å². The fourth-order valence-electron chi connectivity index (χ4n) is 3.67. The molecule has 1 unspecified atom stereocenters. The van der Waals surface area contributed by atoms with Gasteiger partial charge in [0.1, 0.15) is 5.75 Å². The Balaban J connectivity index is 1.47. The third-order valence-electron chi connectivity index (χ3n) is 5.11. The fourth-order valence-corrected chi connectivity index (χ4v) is 3.67. The molecule has 2 aliphatic heterocycles. The molecule has 148 valence electrons. The highest BCUT2D eigenvalue weighted by Gasteiger charge is 2.36. The second-order valence-electron chi connectivity index (χ2n) is 7.04. The SMILES string of the molecule is CCOc1ccccc1N1CC(C(=O)NCCCN2CCNCC2)CC1=O. The minimum Gasteiger partial charge on any atom is -0.492 e. The van der Waals surface area contributed by atoms with E-state index in [1.54, 1.807) is 4.90 Å². The number of carbonyl (C=O) groups is 2. The summed E-state index contributed by atoms with van der Waals surface area (Å²) < 4.78 is 5.63. The van der Waals surface area contributed by atoms with E-state index in [0.717, 1.165) is 44.8 Å². The second kappa shape index (κ2) is 9.71. The summed E-state index contributed by atoms with van der Waals surface area (Å²) in [4.78, 5) is 29.0. The zero-order valence-corrected chi connectivity index (χ0v) is 16.1. The Hall–Kier alpha value is -2.12. The van der Waals surface area contributed by atoms with Gasteiger partial charge in [0.05, 0.1) is 18.2 Å². The van der Waals surface area contributed by atoms with Gasteiger partial charge in [-0.3, -0.25) is 9.59 Å². The van der Waals surface area contributed by atoms with Crippen LogP contribution >= 0.6 is 0 Å². The molecule has 2 heterocycles. The van der Waals surface area contributed by atoms with E-state index in [9.17, 15) is 9.59 Å². The zero-order valence-electron chi connectivity index (χ0n) is 16.1. The van der Waals surface area contributed by atoms with Crippen molar-refractivity contribution >= 4 is 17.5 Å². The molecule has 0 spiro atoms. The molecule has 1 atom stereocenters. The molecule has 0 radical (unpaired) electrons. The largest absolute Gasteiger partial charge is 0.492 e. The number of nitrogens with zero attached hydrogens (tertiary/aromatic N) is 2. The van der Waals surface area contributed by atoms with Gasteiger partial charge in [-0.15, -0.1) is 0 Å². The molecule has 0 bridgehead atoms. The molecule has 3 rings (SSSR count). The lowest BCUT2D eigenvalue weighted by atomic mass is 10.1. The first-order chi connectivity index (χ1) is 13.2. The molecule has 0 aliphatic carbocycles. The van der Waals surface area contributed by atoms with E-state index in [-0.39, 0.29) is 24.2 Å². The summed E-state index contributed by atoms with van der Waals surface area (Å²) in [6.45, 7) is 8.73. The number of anilines is 1. The predicted octanol–water partition coefficient (Wildman–Crippen LogP) is 0.850. The second-order valence-corrected chi connectivity index (χ2v) is 7.04. The normalized spacial score (nSPS) is 20.7. The van der Waals surface area contributed by atoms with Crippen molar-refractivity contribution in [2.24, 2.45) is 5.92 Å². The summed E-state index contributed by atoms with van der Waals surface area (Å²) in [7, 11) is 0. The zero-order chi connectivity index (χ0) is 19.1. The maximum Gasteiger partial charge on any atom is 0.227 e. The van der Waals surface area contributed by atoms with Crippen molar-refractivity contribution in [1.82, 2.24) is 15.5 Å². The molecule has 2 N–H and O–H groups in total. The average molecular weight is 374 g/mol. The molecule has 0 aromatic heterocycles. The number of piperazine rings is 1. The lowest BCUT2D eigenvalue weighted by Crippen LogP contribution is -2.44. The van der Waals surface area contributed by atoms with Crippen molar-refractivity contribution in [3.8, 4) is 5.75 Å². The molecule has 7 nitrogen and oxygen atoms in total. The van der Waals surface area contributed by atoms with Crippen LogP contribution in [0.1, 0.15) is 19.8 Å². The van der Waals surface area contributed by atoms with Crippen LogP contribution in [-0.2, 0) is 9.59 Å². The van der Waals surface area contributed by atoms with Crippen LogP contribution in [0.5, 0.6) is 5.75 Å².